The van der Waals surface area contributed by atoms with Gasteiger partial charge in [0.05, 0.1) is 11.3 Å². The second kappa shape index (κ2) is 11.0. The molecule has 3 rings (SSSR count). The number of hydrogen-bond acceptors (Lipinski definition) is 6. The van der Waals surface area contributed by atoms with Crippen LogP contribution >= 0.6 is 23.5 Å². The van der Waals surface area contributed by atoms with Crippen molar-refractivity contribution in [1.82, 2.24) is 9.21 Å². The van der Waals surface area contributed by atoms with Gasteiger partial charge in [-0.2, -0.15) is 0 Å². The van der Waals surface area contributed by atoms with Crippen LogP contribution in [0.25, 0.3) is 0 Å². The third-order valence-electron chi connectivity index (χ3n) is 5.09. The number of carbonyl (C=O) groups excluding carboxylic acids is 1. The third kappa shape index (κ3) is 6.09. The lowest BCUT2D eigenvalue weighted by Crippen LogP contribution is -2.44. The Bertz CT molecular complexity index is 777. The van der Waals surface area contributed by atoms with E-state index >= 15 is 0 Å². The number of ether oxygens (including phenoxy) is 1. The summed E-state index contributed by atoms with van der Waals surface area (Å²) < 4.78 is 35.2. The van der Waals surface area contributed by atoms with Gasteiger partial charge in [0.2, 0.25) is 5.76 Å². The maximum atomic E-state index is 13.5. The number of carbonyl (C=O) groups is 1. The molecule has 1 aromatic rings. The molecule has 6 nitrogen and oxygen atoms in total. The van der Waals surface area contributed by atoms with Gasteiger partial charge in [0.1, 0.15) is 17.3 Å². The molecule has 30 heavy (non-hydrogen) atoms. The molecule has 164 valence electrons. The maximum absolute atomic E-state index is 13.5. The lowest BCUT2D eigenvalue weighted by molar-refractivity contribution is -0.117. The van der Waals surface area contributed by atoms with E-state index in [4.69, 9.17) is 21.7 Å². The van der Waals surface area contributed by atoms with Crippen LogP contribution in [-0.2, 0) is 9.53 Å². The van der Waals surface area contributed by atoms with Crippen LogP contribution in [0.3, 0.4) is 0 Å². The Hall–Kier alpha value is -1.84. The van der Waals surface area contributed by atoms with Gasteiger partial charge >= 0.3 is 0 Å². The fourth-order valence-corrected chi connectivity index (χ4v) is 4.62. The van der Waals surface area contributed by atoms with Crippen molar-refractivity contribution in [2.45, 2.75) is 31.8 Å². The number of benzene rings is 1. The molecule has 2 fully saturated rings. The number of hydrogen-bond donors (Lipinski definition) is 2. The fourth-order valence-electron chi connectivity index (χ4n) is 3.64. The number of anilines is 1. The molecule has 10 heteroatoms. The summed E-state index contributed by atoms with van der Waals surface area (Å²) >= 11 is 7.32. The zero-order chi connectivity index (χ0) is 21.5. The van der Waals surface area contributed by atoms with Gasteiger partial charge < -0.3 is 20.4 Å². The van der Waals surface area contributed by atoms with E-state index in [0.29, 0.717) is 24.0 Å². The highest BCUT2D eigenvalue weighted by Crippen LogP contribution is 2.27. The molecule has 1 heterocycles. The highest BCUT2D eigenvalue weighted by Gasteiger charge is 2.28. The number of allylic oxidation sites excluding steroid dienone is 1. The predicted octanol–water partition coefficient (Wildman–Crippen LogP) is 4.19. The Balaban J connectivity index is 1.83. The van der Waals surface area contributed by atoms with Gasteiger partial charge in [0.25, 0.3) is 5.91 Å². The first kappa shape index (κ1) is 22.8. The normalized spacial score (nSPS) is 18.8. The Kier molecular flexibility index (Phi) is 8.35. The molecule has 0 unspecified atom stereocenters. The van der Waals surface area contributed by atoms with Crippen LogP contribution in [0.1, 0.15) is 25.7 Å². The van der Waals surface area contributed by atoms with E-state index in [9.17, 15) is 13.6 Å². The second-order valence-corrected chi connectivity index (χ2v) is 8.80. The van der Waals surface area contributed by atoms with Crippen molar-refractivity contribution < 1.29 is 18.3 Å². The molecular formula is C20H25ClF2N4O2S. The van der Waals surface area contributed by atoms with Gasteiger partial charge in [-0.1, -0.05) is 11.9 Å². The first-order valence-electron chi connectivity index (χ1n) is 9.87. The van der Waals surface area contributed by atoms with Crippen LogP contribution in [0, 0.1) is 17.0 Å². The highest BCUT2D eigenvalue weighted by atomic mass is 35.5. The molecule has 2 N–H and O–H groups in total. The van der Waals surface area contributed by atoms with Gasteiger partial charge in [0.15, 0.2) is 0 Å². The number of nitrogens with zero attached hydrogens (tertiary/aromatic N) is 2. The lowest BCUT2D eigenvalue weighted by Gasteiger charge is -2.36. The van der Waals surface area contributed by atoms with Crippen molar-refractivity contribution in [3.05, 3.63) is 41.3 Å². The van der Waals surface area contributed by atoms with Crippen LogP contribution in [-0.4, -0.2) is 58.8 Å². The van der Waals surface area contributed by atoms with E-state index < -0.39 is 17.5 Å². The SMILES string of the molecule is N=C/C(=C(/OC1CCCC1)C(=O)Nc1cc(F)cc(F)c1)N1CCN(SCCl)CC1. The fraction of sp³-hybridized carbons (Fsp3) is 0.500. The molecule has 1 aliphatic carbocycles. The zero-order valence-corrected chi connectivity index (χ0v) is 18.1. The van der Waals surface area contributed by atoms with Gasteiger partial charge in [0, 0.05) is 44.1 Å². The van der Waals surface area contributed by atoms with Crippen LogP contribution in [0.2, 0.25) is 0 Å². The van der Waals surface area contributed by atoms with E-state index in [1.54, 1.807) is 0 Å². The molecule has 0 radical (unpaired) electrons. The zero-order valence-electron chi connectivity index (χ0n) is 16.5. The monoisotopic (exact) mass is 458 g/mol. The minimum Gasteiger partial charge on any atom is -0.483 e. The van der Waals surface area contributed by atoms with Crippen molar-refractivity contribution >= 4 is 41.4 Å². The van der Waals surface area contributed by atoms with Crippen LogP contribution in [0.15, 0.2) is 29.7 Å². The molecule has 1 saturated carbocycles. The first-order valence-corrected chi connectivity index (χ1v) is 11.4. The summed E-state index contributed by atoms with van der Waals surface area (Å²) in [5.74, 6) is -2.18. The predicted molar refractivity (Wildman–Crippen MR) is 116 cm³/mol. The van der Waals surface area contributed by atoms with E-state index in [1.165, 1.54) is 11.9 Å². The number of piperazine rings is 1. The topological polar surface area (TPSA) is 68.7 Å². The summed E-state index contributed by atoms with van der Waals surface area (Å²) in [7, 11) is 0. The Labute approximate surface area is 184 Å². The van der Waals surface area contributed by atoms with Crippen molar-refractivity contribution in [1.29, 1.82) is 5.41 Å². The lowest BCUT2D eigenvalue weighted by atomic mass is 10.2. The van der Waals surface area contributed by atoms with E-state index in [0.717, 1.165) is 63.2 Å². The van der Waals surface area contributed by atoms with Crippen LogP contribution < -0.4 is 5.32 Å². The number of nitrogens with one attached hydrogen (secondary N) is 2. The molecule has 1 aromatic carbocycles. The summed E-state index contributed by atoms with van der Waals surface area (Å²) in [6, 6.07) is 2.82. The summed E-state index contributed by atoms with van der Waals surface area (Å²) in [6.45, 7) is 2.66. The smallest absolute Gasteiger partial charge is 0.293 e. The van der Waals surface area contributed by atoms with Gasteiger partial charge in [-0.25, -0.2) is 13.1 Å². The van der Waals surface area contributed by atoms with Crippen molar-refractivity contribution in [3.63, 3.8) is 0 Å². The van der Waals surface area contributed by atoms with Crippen molar-refractivity contribution in [3.8, 4) is 0 Å². The average molecular weight is 459 g/mol. The van der Waals surface area contributed by atoms with Gasteiger partial charge in [-0.05, 0) is 37.8 Å². The summed E-state index contributed by atoms with van der Waals surface area (Å²) in [4.78, 5) is 15.0. The summed E-state index contributed by atoms with van der Waals surface area (Å²) in [5, 5.41) is 10.9. The van der Waals surface area contributed by atoms with Crippen LogP contribution in [0.5, 0.6) is 0 Å². The van der Waals surface area contributed by atoms with E-state index in [2.05, 4.69) is 9.62 Å². The molecular weight excluding hydrogens is 434 g/mol. The quantitative estimate of drug-likeness (QED) is 0.201. The Morgan fingerprint density at radius 2 is 1.83 bits per heavy atom. The molecule has 1 amide bonds. The third-order valence-corrected chi connectivity index (χ3v) is 6.21. The number of alkyl halides is 1. The molecule has 0 aromatic heterocycles. The minimum atomic E-state index is -0.785. The number of rotatable bonds is 8. The molecule has 1 aliphatic heterocycles. The Morgan fingerprint density at radius 1 is 1.20 bits per heavy atom. The first-order chi connectivity index (χ1) is 14.5. The van der Waals surface area contributed by atoms with Crippen LogP contribution in [0.4, 0.5) is 14.5 Å². The van der Waals surface area contributed by atoms with Crippen molar-refractivity contribution in [2.24, 2.45) is 0 Å². The molecule has 1 saturated heterocycles. The highest BCUT2D eigenvalue weighted by molar-refractivity contribution is 7.98. The summed E-state index contributed by atoms with van der Waals surface area (Å²) in [5.41, 5.74) is 0.365. The van der Waals surface area contributed by atoms with Gasteiger partial charge in [-0.15, -0.1) is 11.6 Å². The molecule has 0 bridgehead atoms. The second-order valence-electron chi connectivity index (χ2n) is 7.15. The Morgan fingerprint density at radius 3 is 2.40 bits per heavy atom. The standard InChI is InChI=1S/C20H25ClF2N4O2S/c21-13-30-27-7-5-26(6-8-27)18(12-24)19(29-17-3-1-2-4-17)20(28)25-16-10-14(22)9-15(23)11-16/h9-12,17,24H,1-8,13H2,(H,25,28)/b19-18-,24-12?. The van der Waals surface area contributed by atoms with Gasteiger partial charge in [-0.3, -0.25) is 4.79 Å². The van der Waals surface area contributed by atoms with Crippen molar-refractivity contribution in [2.75, 3.05) is 36.7 Å². The van der Waals surface area contributed by atoms with E-state index in [-0.39, 0.29) is 17.6 Å². The largest absolute Gasteiger partial charge is 0.483 e. The molecule has 0 spiro atoms. The number of amides is 1. The molecule has 2 aliphatic rings. The maximum Gasteiger partial charge on any atom is 0.293 e. The molecule has 0 atom stereocenters. The average Bonchev–Trinajstić information content (AvgIpc) is 3.21. The minimum absolute atomic E-state index is 0.00214. The summed E-state index contributed by atoms with van der Waals surface area (Å²) in [6.07, 6.45) is 4.69. The van der Waals surface area contributed by atoms with E-state index in [1.807, 2.05) is 4.90 Å². The number of halogens is 3.